The van der Waals surface area contributed by atoms with Crippen LogP contribution in [0, 0.1) is 11.6 Å². The van der Waals surface area contributed by atoms with Crippen LogP contribution in [0.5, 0.6) is 0 Å². The summed E-state index contributed by atoms with van der Waals surface area (Å²) in [7, 11) is 0. The normalized spacial score (nSPS) is 13.6. The molecule has 1 fully saturated rings. The van der Waals surface area contributed by atoms with Crippen molar-refractivity contribution in [2.75, 3.05) is 44.7 Å². The maximum atomic E-state index is 13.6. The fourth-order valence-corrected chi connectivity index (χ4v) is 3.80. The molecule has 1 saturated heterocycles. The predicted octanol–water partition coefficient (Wildman–Crippen LogP) is 3.50. The van der Waals surface area contributed by atoms with Gasteiger partial charge in [0.2, 0.25) is 0 Å². The molecule has 0 atom stereocenters. The van der Waals surface area contributed by atoms with Gasteiger partial charge in [-0.05, 0) is 54.9 Å². The third kappa shape index (κ3) is 7.58. The highest BCUT2D eigenvalue weighted by molar-refractivity contribution is 5.89. The number of halogens is 3. The van der Waals surface area contributed by atoms with Crippen LogP contribution in [0.15, 0.2) is 59.4 Å². The highest BCUT2D eigenvalue weighted by Crippen LogP contribution is 2.19. The molecule has 2 N–H and O–H groups in total. The molecule has 1 aromatic heterocycles. The Balaban J connectivity index is 0.00000361. The summed E-state index contributed by atoms with van der Waals surface area (Å²) in [5.74, 6) is -1.94. The second kappa shape index (κ2) is 13.1. The Morgan fingerprint density at radius 3 is 2.61 bits per heavy atom. The summed E-state index contributed by atoms with van der Waals surface area (Å²) >= 11 is 0. The second-order valence-electron chi connectivity index (χ2n) is 8.23. The van der Waals surface area contributed by atoms with Crippen LogP contribution in [0.3, 0.4) is 0 Å². The van der Waals surface area contributed by atoms with Crippen molar-refractivity contribution < 1.29 is 18.3 Å². The van der Waals surface area contributed by atoms with E-state index in [2.05, 4.69) is 20.6 Å². The van der Waals surface area contributed by atoms with Gasteiger partial charge in [-0.25, -0.2) is 18.3 Å². The van der Waals surface area contributed by atoms with Crippen molar-refractivity contribution in [2.24, 2.45) is 0 Å². The largest absolute Gasteiger partial charge is 0.379 e. The van der Waals surface area contributed by atoms with E-state index >= 15 is 0 Å². The molecule has 1 aliphatic heterocycles. The fourth-order valence-electron chi connectivity index (χ4n) is 3.80. The first-order chi connectivity index (χ1) is 17.0. The zero-order valence-electron chi connectivity index (χ0n) is 19.6. The van der Waals surface area contributed by atoms with Crippen LogP contribution in [0.25, 0.3) is 11.3 Å². The Hall–Kier alpha value is -3.34. The summed E-state index contributed by atoms with van der Waals surface area (Å²) in [5, 5.41) is 9.94. The standard InChI is InChI=1S/C25H27F2N5O3.ClH/c26-21-6-5-19(16-22(21)27)23-7-8-24(33)32(30-23)17-18-3-1-4-20(15-18)29-25(34)28-9-2-10-31-11-13-35-14-12-31;/h1,3-8,15-16H,2,9-14,17H2,(H2,28,29,34);1H. The molecule has 192 valence electrons. The van der Waals surface area contributed by atoms with Crippen LogP contribution in [0.4, 0.5) is 19.3 Å². The van der Waals surface area contributed by atoms with Gasteiger partial charge in [-0.2, -0.15) is 5.10 Å². The van der Waals surface area contributed by atoms with E-state index in [0.717, 1.165) is 57.0 Å². The lowest BCUT2D eigenvalue weighted by Gasteiger charge is -2.26. The van der Waals surface area contributed by atoms with Crippen LogP contribution in [0.2, 0.25) is 0 Å². The molecule has 4 rings (SSSR count). The average molecular weight is 520 g/mol. The highest BCUT2D eigenvalue weighted by Gasteiger charge is 2.11. The summed E-state index contributed by atoms with van der Waals surface area (Å²) in [6.07, 6.45) is 0.844. The van der Waals surface area contributed by atoms with E-state index in [0.29, 0.717) is 23.5 Å². The van der Waals surface area contributed by atoms with Gasteiger partial charge < -0.3 is 15.4 Å². The maximum absolute atomic E-state index is 13.6. The van der Waals surface area contributed by atoms with E-state index < -0.39 is 11.6 Å². The number of amides is 2. The minimum Gasteiger partial charge on any atom is -0.379 e. The van der Waals surface area contributed by atoms with Gasteiger partial charge in [0.1, 0.15) is 0 Å². The van der Waals surface area contributed by atoms with Crippen LogP contribution < -0.4 is 16.2 Å². The summed E-state index contributed by atoms with van der Waals surface area (Å²) < 4.78 is 33.4. The molecule has 0 aliphatic carbocycles. The number of anilines is 1. The SMILES string of the molecule is Cl.O=C(NCCCN1CCOCC1)Nc1cccc(Cn2nc(-c3ccc(F)c(F)c3)ccc2=O)c1. The number of morpholine rings is 1. The summed E-state index contributed by atoms with van der Waals surface area (Å²) in [6, 6.07) is 13.0. The minimum atomic E-state index is -0.986. The van der Waals surface area contributed by atoms with Crippen molar-refractivity contribution in [3.05, 3.63) is 82.1 Å². The van der Waals surface area contributed by atoms with Crippen LogP contribution in [-0.2, 0) is 11.3 Å². The van der Waals surface area contributed by atoms with Crippen LogP contribution >= 0.6 is 12.4 Å². The zero-order chi connectivity index (χ0) is 24.6. The van der Waals surface area contributed by atoms with Gasteiger partial charge in [0.05, 0.1) is 25.5 Å². The molecule has 11 heteroatoms. The Labute approximate surface area is 213 Å². The summed E-state index contributed by atoms with van der Waals surface area (Å²) in [5.41, 5.74) is 1.69. The number of benzene rings is 2. The van der Waals surface area contributed by atoms with Gasteiger partial charge in [-0.3, -0.25) is 9.69 Å². The second-order valence-corrected chi connectivity index (χ2v) is 8.23. The van der Waals surface area contributed by atoms with Gasteiger partial charge in [-0.15, -0.1) is 12.4 Å². The van der Waals surface area contributed by atoms with Gasteiger partial charge in [0.15, 0.2) is 11.6 Å². The molecule has 8 nitrogen and oxygen atoms in total. The minimum absolute atomic E-state index is 0. The lowest BCUT2D eigenvalue weighted by atomic mass is 10.1. The number of hydrogen-bond donors (Lipinski definition) is 2. The van der Waals surface area contributed by atoms with Crippen LogP contribution in [0.1, 0.15) is 12.0 Å². The molecule has 0 saturated carbocycles. The first-order valence-electron chi connectivity index (χ1n) is 11.5. The number of urea groups is 1. The lowest BCUT2D eigenvalue weighted by Crippen LogP contribution is -2.38. The van der Waals surface area contributed by atoms with Crippen molar-refractivity contribution in [3.63, 3.8) is 0 Å². The molecular weight excluding hydrogens is 492 g/mol. The van der Waals surface area contributed by atoms with E-state index in [1.165, 1.54) is 22.9 Å². The monoisotopic (exact) mass is 519 g/mol. The first-order valence-corrected chi connectivity index (χ1v) is 11.5. The number of carbonyl (C=O) groups is 1. The van der Waals surface area contributed by atoms with E-state index in [1.54, 1.807) is 18.2 Å². The van der Waals surface area contributed by atoms with E-state index in [4.69, 9.17) is 4.74 Å². The Bertz CT molecular complexity index is 1230. The molecular formula is C25H28ClF2N5O3. The molecule has 0 radical (unpaired) electrons. The van der Waals surface area contributed by atoms with E-state index in [1.807, 2.05) is 6.07 Å². The predicted molar refractivity (Wildman–Crippen MR) is 136 cm³/mol. The summed E-state index contributed by atoms with van der Waals surface area (Å²) in [6.45, 7) is 4.94. The Morgan fingerprint density at radius 2 is 1.83 bits per heavy atom. The number of rotatable bonds is 8. The molecule has 36 heavy (non-hydrogen) atoms. The number of ether oxygens (including phenoxy) is 1. The van der Waals surface area contributed by atoms with Crippen molar-refractivity contribution in [3.8, 4) is 11.3 Å². The average Bonchev–Trinajstić information content (AvgIpc) is 2.86. The fraction of sp³-hybridized carbons (Fsp3) is 0.320. The highest BCUT2D eigenvalue weighted by atomic mass is 35.5. The number of carbonyl (C=O) groups excluding carboxylic acids is 1. The zero-order valence-corrected chi connectivity index (χ0v) is 20.4. The van der Waals surface area contributed by atoms with Gasteiger partial charge in [-0.1, -0.05) is 12.1 Å². The quantitative estimate of drug-likeness (QED) is 0.445. The summed E-state index contributed by atoms with van der Waals surface area (Å²) in [4.78, 5) is 26.9. The molecule has 0 spiro atoms. The third-order valence-corrected chi connectivity index (χ3v) is 5.64. The van der Waals surface area contributed by atoms with Crippen molar-refractivity contribution in [1.82, 2.24) is 20.0 Å². The van der Waals surface area contributed by atoms with Gasteiger partial charge in [0, 0.05) is 37.0 Å². The number of nitrogens with one attached hydrogen (secondary N) is 2. The molecule has 1 aliphatic rings. The van der Waals surface area contributed by atoms with E-state index in [-0.39, 0.29) is 30.5 Å². The Morgan fingerprint density at radius 1 is 1.03 bits per heavy atom. The lowest BCUT2D eigenvalue weighted by molar-refractivity contribution is 0.0375. The van der Waals surface area contributed by atoms with Crippen molar-refractivity contribution in [2.45, 2.75) is 13.0 Å². The van der Waals surface area contributed by atoms with Crippen molar-refractivity contribution >= 4 is 24.1 Å². The molecule has 0 unspecified atom stereocenters. The molecule has 2 amide bonds. The third-order valence-electron chi connectivity index (χ3n) is 5.64. The maximum Gasteiger partial charge on any atom is 0.319 e. The topological polar surface area (TPSA) is 88.5 Å². The molecule has 2 aromatic carbocycles. The molecule has 0 bridgehead atoms. The first kappa shape index (κ1) is 27.3. The van der Waals surface area contributed by atoms with Crippen molar-refractivity contribution in [1.29, 1.82) is 0 Å². The Kier molecular flexibility index (Phi) is 9.92. The van der Waals surface area contributed by atoms with Crippen LogP contribution in [-0.4, -0.2) is 60.1 Å². The molecule has 2 heterocycles. The molecule has 3 aromatic rings. The smallest absolute Gasteiger partial charge is 0.319 e. The van der Waals surface area contributed by atoms with Gasteiger partial charge in [0.25, 0.3) is 5.56 Å². The van der Waals surface area contributed by atoms with Gasteiger partial charge >= 0.3 is 6.03 Å². The van der Waals surface area contributed by atoms with E-state index in [9.17, 15) is 18.4 Å². The number of nitrogens with zero attached hydrogens (tertiary/aromatic N) is 3. The number of aromatic nitrogens is 2. The number of hydrogen-bond acceptors (Lipinski definition) is 5.